The molecule has 2 heterocycles. The van der Waals surface area contributed by atoms with E-state index in [9.17, 15) is 10.1 Å². The van der Waals surface area contributed by atoms with Gasteiger partial charge in [0.15, 0.2) is 5.78 Å². The molecule has 0 amide bonds. The summed E-state index contributed by atoms with van der Waals surface area (Å²) in [6, 6.07) is 11.7. The quantitative estimate of drug-likeness (QED) is 0.605. The molecule has 1 aliphatic carbocycles. The third kappa shape index (κ3) is 3.38. The van der Waals surface area contributed by atoms with Gasteiger partial charge in [0.1, 0.15) is 5.82 Å². The third-order valence-electron chi connectivity index (χ3n) is 5.25. The number of hydrogen-bond donors (Lipinski definition) is 1. The first kappa shape index (κ1) is 20.1. The first-order valence-corrected chi connectivity index (χ1v) is 11.7. The zero-order chi connectivity index (χ0) is 20.5. The number of Topliss-reactive ketones (excluding diaryl/α,β-unsaturated/α-hetero) is 1. The van der Waals surface area contributed by atoms with Gasteiger partial charge in [-0.3, -0.25) is 9.69 Å². The van der Waals surface area contributed by atoms with Gasteiger partial charge in [0.25, 0.3) is 0 Å². The maximum absolute atomic E-state index is 13.1. The van der Waals surface area contributed by atoms with Crippen LogP contribution in [0.5, 0.6) is 0 Å². The van der Waals surface area contributed by atoms with Crippen molar-refractivity contribution >= 4 is 46.2 Å². The van der Waals surface area contributed by atoms with Crippen LogP contribution in [0.1, 0.15) is 37.7 Å². The summed E-state index contributed by atoms with van der Waals surface area (Å²) in [4.78, 5) is 15.0. The third-order valence-corrected chi connectivity index (χ3v) is 7.72. The number of para-hydroxylation sites is 1. The fourth-order valence-electron chi connectivity index (χ4n) is 4.07. The van der Waals surface area contributed by atoms with Crippen molar-refractivity contribution in [3.05, 3.63) is 69.0 Å². The number of ketones is 1. The molecule has 0 bridgehead atoms. The normalized spacial score (nSPS) is 19.4. The van der Waals surface area contributed by atoms with Crippen LogP contribution in [0.15, 0.2) is 62.6 Å². The van der Waals surface area contributed by atoms with Crippen molar-refractivity contribution in [2.24, 2.45) is 5.73 Å². The zero-order valence-corrected chi connectivity index (χ0v) is 18.3. The number of benzene rings is 1. The van der Waals surface area contributed by atoms with Gasteiger partial charge in [-0.15, -0.1) is 23.1 Å². The summed E-state index contributed by atoms with van der Waals surface area (Å²) in [5.41, 5.74) is 10.3. The topological polar surface area (TPSA) is 70.1 Å². The van der Waals surface area contributed by atoms with Crippen LogP contribution in [0.2, 0.25) is 5.02 Å². The Balaban J connectivity index is 1.98. The molecule has 0 saturated carbocycles. The Labute approximate surface area is 183 Å². The molecule has 0 radical (unpaired) electrons. The monoisotopic (exact) mass is 441 g/mol. The highest BCUT2D eigenvalue weighted by molar-refractivity contribution is 8.01. The van der Waals surface area contributed by atoms with Crippen LogP contribution in [0, 0.1) is 11.3 Å². The number of nitrogens with zero attached hydrogens (tertiary/aromatic N) is 2. The summed E-state index contributed by atoms with van der Waals surface area (Å²) in [5.74, 6) is 0.958. The second kappa shape index (κ2) is 8.27. The van der Waals surface area contributed by atoms with Crippen molar-refractivity contribution in [2.75, 3.05) is 10.7 Å². The molecule has 7 heteroatoms. The Kier molecular flexibility index (Phi) is 5.73. The minimum atomic E-state index is -0.415. The summed E-state index contributed by atoms with van der Waals surface area (Å²) in [6.07, 6.45) is 1.98. The van der Waals surface area contributed by atoms with Crippen molar-refractivity contribution in [3.8, 4) is 6.07 Å². The molecule has 2 N–H and O–H groups in total. The van der Waals surface area contributed by atoms with Crippen LogP contribution in [0.3, 0.4) is 0 Å². The molecule has 0 saturated heterocycles. The highest BCUT2D eigenvalue weighted by Crippen LogP contribution is 2.49. The predicted octanol–water partition coefficient (Wildman–Crippen LogP) is 5.82. The summed E-state index contributed by atoms with van der Waals surface area (Å²) in [5, 5.41) is 12.6. The van der Waals surface area contributed by atoms with Gasteiger partial charge in [0.05, 0.1) is 32.5 Å². The number of rotatable bonds is 4. The molecule has 2 aromatic rings. The molecular weight excluding hydrogens is 422 g/mol. The number of carbonyl (C=O) groups excluding carboxylic acids is 1. The molecule has 29 heavy (non-hydrogen) atoms. The smallest absolute Gasteiger partial charge is 0.161 e. The van der Waals surface area contributed by atoms with Gasteiger partial charge in [0, 0.05) is 17.7 Å². The lowest BCUT2D eigenvalue weighted by molar-refractivity contribution is -0.116. The fraction of sp³-hybridized carbons (Fsp3) is 0.273. The van der Waals surface area contributed by atoms with Crippen LogP contribution >= 0.6 is 34.7 Å². The van der Waals surface area contributed by atoms with Gasteiger partial charge in [-0.25, -0.2) is 0 Å². The molecule has 1 unspecified atom stereocenters. The lowest BCUT2D eigenvalue weighted by Gasteiger charge is -2.39. The molecule has 1 aromatic heterocycles. The number of thiophene rings is 1. The highest BCUT2D eigenvalue weighted by Gasteiger charge is 2.41. The Morgan fingerprint density at radius 1 is 1.34 bits per heavy atom. The van der Waals surface area contributed by atoms with Crippen LogP contribution in [0.4, 0.5) is 5.69 Å². The number of carbonyl (C=O) groups is 1. The Morgan fingerprint density at radius 2 is 2.14 bits per heavy atom. The van der Waals surface area contributed by atoms with E-state index in [4.69, 9.17) is 17.3 Å². The average Bonchev–Trinajstić information content (AvgIpc) is 3.16. The molecule has 2 aliphatic rings. The SMILES string of the molecule is CCSc1sccc1C1C(C#N)=C(N)N(c2ccccc2Cl)C2=C1C(=O)CCC2. The van der Waals surface area contributed by atoms with Crippen LogP contribution in [0.25, 0.3) is 0 Å². The molecule has 1 aliphatic heterocycles. The largest absolute Gasteiger partial charge is 0.384 e. The van der Waals surface area contributed by atoms with E-state index < -0.39 is 5.92 Å². The van der Waals surface area contributed by atoms with E-state index in [1.807, 2.05) is 34.5 Å². The van der Waals surface area contributed by atoms with Crippen molar-refractivity contribution < 1.29 is 4.79 Å². The number of thioether (sulfide) groups is 1. The molecule has 148 valence electrons. The van der Waals surface area contributed by atoms with E-state index in [1.165, 1.54) is 0 Å². The summed E-state index contributed by atoms with van der Waals surface area (Å²) >= 11 is 9.85. The molecule has 1 atom stereocenters. The van der Waals surface area contributed by atoms with E-state index in [-0.39, 0.29) is 5.78 Å². The van der Waals surface area contributed by atoms with Gasteiger partial charge in [-0.05, 0) is 47.7 Å². The summed E-state index contributed by atoms with van der Waals surface area (Å²) < 4.78 is 1.13. The van der Waals surface area contributed by atoms with E-state index in [2.05, 4.69) is 13.0 Å². The van der Waals surface area contributed by atoms with Gasteiger partial charge in [-0.1, -0.05) is 30.7 Å². The maximum atomic E-state index is 13.1. The maximum Gasteiger partial charge on any atom is 0.161 e. The Morgan fingerprint density at radius 3 is 2.86 bits per heavy atom. The first-order valence-electron chi connectivity index (χ1n) is 9.49. The Bertz CT molecular complexity index is 1080. The lowest BCUT2D eigenvalue weighted by Crippen LogP contribution is -2.38. The molecular formula is C22H20ClN3OS2. The molecule has 1 aromatic carbocycles. The Hall–Kier alpha value is -2.20. The minimum Gasteiger partial charge on any atom is -0.384 e. The number of allylic oxidation sites excluding steroid dienone is 3. The van der Waals surface area contributed by atoms with Crippen molar-refractivity contribution in [3.63, 3.8) is 0 Å². The second-order valence-electron chi connectivity index (χ2n) is 6.86. The fourth-order valence-corrected chi connectivity index (χ4v) is 6.36. The lowest BCUT2D eigenvalue weighted by atomic mass is 9.76. The summed E-state index contributed by atoms with van der Waals surface area (Å²) in [7, 11) is 0. The van der Waals surface area contributed by atoms with Crippen LogP contribution in [-0.2, 0) is 4.79 Å². The minimum absolute atomic E-state index is 0.0900. The molecule has 0 fully saturated rings. The standard InChI is InChI=1S/C22H20ClN3OS2/c1-2-28-22-13(10-11-29-22)19-14(12-24)21(25)26(16-7-4-3-6-15(16)23)17-8-5-9-18(27)20(17)19/h3-4,6-7,10-11,19H,2,5,8-9,25H2,1H3. The highest BCUT2D eigenvalue weighted by atomic mass is 35.5. The number of hydrogen-bond acceptors (Lipinski definition) is 6. The van der Waals surface area contributed by atoms with Crippen molar-refractivity contribution in [1.82, 2.24) is 0 Å². The van der Waals surface area contributed by atoms with E-state index >= 15 is 0 Å². The molecule has 4 nitrogen and oxygen atoms in total. The van der Waals surface area contributed by atoms with Gasteiger partial charge >= 0.3 is 0 Å². The number of halogens is 1. The molecule has 0 spiro atoms. The first-order chi connectivity index (χ1) is 14.1. The van der Waals surface area contributed by atoms with Crippen molar-refractivity contribution in [2.45, 2.75) is 36.3 Å². The van der Waals surface area contributed by atoms with Gasteiger partial charge in [-0.2, -0.15) is 5.26 Å². The van der Waals surface area contributed by atoms with Crippen LogP contribution in [-0.4, -0.2) is 11.5 Å². The van der Waals surface area contributed by atoms with Gasteiger partial charge < -0.3 is 5.73 Å². The van der Waals surface area contributed by atoms with E-state index in [1.54, 1.807) is 29.2 Å². The van der Waals surface area contributed by atoms with Crippen molar-refractivity contribution in [1.29, 1.82) is 5.26 Å². The van der Waals surface area contributed by atoms with Gasteiger partial charge in [0.2, 0.25) is 0 Å². The molecule has 4 rings (SSSR count). The number of nitriles is 1. The number of nitrogens with two attached hydrogens (primary N) is 1. The van der Waals surface area contributed by atoms with E-state index in [0.717, 1.165) is 34.1 Å². The van der Waals surface area contributed by atoms with E-state index in [0.29, 0.717) is 34.1 Å². The second-order valence-corrected chi connectivity index (χ2v) is 9.72. The zero-order valence-electron chi connectivity index (χ0n) is 15.9. The number of anilines is 1. The summed E-state index contributed by atoms with van der Waals surface area (Å²) in [6.45, 7) is 2.10. The predicted molar refractivity (Wildman–Crippen MR) is 120 cm³/mol. The average molecular weight is 442 g/mol. The van der Waals surface area contributed by atoms with Crippen LogP contribution < -0.4 is 10.6 Å².